The minimum atomic E-state index is -3.69. The lowest BCUT2D eigenvalue weighted by Gasteiger charge is -2.11. The Balaban J connectivity index is 2.11. The molecule has 122 valence electrons. The predicted octanol–water partition coefficient (Wildman–Crippen LogP) is 1.16. The number of benzene rings is 2. The van der Waals surface area contributed by atoms with Crippen molar-refractivity contribution in [1.82, 2.24) is 5.43 Å². The van der Waals surface area contributed by atoms with E-state index in [0.29, 0.717) is 11.4 Å². The fourth-order valence-electron chi connectivity index (χ4n) is 1.80. The van der Waals surface area contributed by atoms with Crippen molar-refractivity contribution in [2.45, 2.75) is 11.8 Å². The topological polar surface area (TPSA) is 111 Å². The average Bonchev–Trinajstić information content (AvgIpc) is 2.55. The van der Waals surface area contributed by atoms with Gasteiger partial charge in [0.25, 0.3) is 15.9 Å². The van der Waals surface area contributed by atoms with Crippen LogP contribution < -0.4 is 20.7 Å². The van der Waals surface area contributed by atoms with Crippen LogP contribution in [0.2, 0.25) is 0 Å². The Morgan fingerprint density at radius 3 is 2.39 bits per heavy atom. The number of nitrogens with one attached hydrogen (secondary N) is 2. The maximum absolute atomic E-state index is 12.3. The van der Waals surface area contributed by atoms with Crippen molar-refractivity contribution in [2.24, 2.45) is 5.84 Å². The second-order valence-corrected chi connectivity index (χ2v) is 6.43. The maximum Gasteiger partial charge on any atom is 0.271 e. The van der Waals surface area contributed by atoms with Crippen molar-refractivity contribution in [1.29, 1.82) is 0 Å². The molecule has 4 N–H and O–H groups in total. The van der Waals surface area contributed by atoms with Gasteiger partial charge in [0.15, 0.2) is 6.61 Å². The maximum atomic E-state index is 12.3. The number of aryl methyl sites for hydroxylation is 1. The molecule has 0 radical (unpaired) electrons. The third-order valence-corrected chi connectivity index (χ3v) is 4.44. The third kappa shape index (κ3) is 4.44. The number of anilines is 1. The van der Waals surface area contributed by atoms with E-state index in [-0.39, 0.29) is 11.5 Å². The molecule has 0 aromatic heterocycles. The van der Waals surface area contributed by atoms with Crippen LogP contribution in [0.1, 0.15) is 5.56 Å². The van der Waals surface area contributed by atoms with Crippen molar-refractivity contribution in [3.05, 3.63) is 54.1 Å². The zero-order valence-electron chi connectivity index (χ0n) is 12.4. The molecule has 0 aliphatic rings. The number of hydrazine groups is 1. The van der Waals surface area contributed by atoms with E-state index in [1.165, 1.54) is 24.3 Å². The normalized spacial score (nSPS) is 10.9. The van der Waals surface area contributed by atoms with Gasteiger partial charge in [-0.25, -0.2) is 14.3 Å². The second-order valence-electron chi connectivity index (χ2n) is 4.75. The fraction of sp³-hybridized carbons (Fsp3) is 0.133. The summed E-state index contributed by atoms with van der Waals surface area (Å²) in [5, 5.41) is 0. The van der Waals surface area contributed by atoms with Gasteiger partial charge in [0.05, 0.1) is 10.6 Å². The highest BCUT2D eigenvalue weighted by Gasteiger charge is 2.15. The van der Waals surface area contributed by atoms with Gasteiger partial charge in [-0.05, 0) is 42.8 Å². The third-order valence-electron chi connectivity index (χ3n) is 3.05. The summed E-state index contributed by atoms with van der Waals surface area (Å²) in [7, 11) is -3.69. The first-order valence-corrected chi connectivity index (χ1v) is 8.21. The number of sulfonamides is 1. The van der Waals surface area contributed by atoms with E-state index in [4.69, 9.17) is 10.6 Å². The molecule has 0 saturated carbocycles. The van der Waals surface area contributed by atoms with Gasteiger partial charge in [0.2, 0.25) is 0 Å². The van der Waals surface area contributed by atoms with Gasteiger partial charge >= 0.3 is 0 Å². The molecule has 0 fully saturated rings. The predicted molar refractivity (Wildman–Crippen MR) is 86.3 cm³/mol. The summed E-state index contributed by atoms with van der Waals surface area (Å²) in [5.74, 6) is 4.82. The van der Waals surface area contributed by atoms with Crippen LogP contribution in [-0.4, -0.2) is 20.9 Å². The van der Waals surface area contributed by atoms with Crippen LogP contribution in [-0.2, 0) is 14.8 Å². The van der Waals surface area contributed by atoms with Gasteiger partial charge < -0.3 is 4.74 Å². The summed E-state index contributed by atoms with van der Waals surface area (Å²) in [4.78, 5) is 11.1. The van der Waals surface area contributed by atoms with Crippen LogP contribution in [0.3, 0.4) is 0 Å². The van der Waals surface area contributed by atoms with Gasteiger partial charge in [0, 0.05) is 0 Å². The number of ether oxygens (including phenoxy) is 1. The molecule has 0 atom stereocenters. The Kier molecular flexibility index (Phi) is 5.20. The van der Waals surface area contributed by atoms with Crippen molar-refractivity contribution in [3.8, 4) is 5.75 Å². The lowest BCUT2D eigenvalue weighted by atomic mass is 10.2. The molecule has 1 amide bonds. The summed E-state index contributed by atoms with van der Waals surface area (Å²) < 4.78 is 32.4. The Morgan fingerprint density at radius 1 is 1.13 bits per heavy atom. The molecule has 0 aliphatic carbocycles. The van der Waals surface area contributed by atoms with E-state index in [1.54, 1.807) is 12.1 Å². The van der Waals surface area contributed by atoms with E-state index in [1.807, 2.05) is 24.5 Å². The SMILES string of the molecule is Cc1ccccc1NS(=O)(=O)c1ccc(OCC(=O)NN)cc1. The molecule has 0 unspecified atom stereocenters. The first-order valence-electron chi connectivity index (χ1n) is 6.73. The monoisotopic (exact) mass is 335 g/mol. The fourth-order valence-corrected chi connectivity index (χ4v) is 2.93. The molecule has 2 aromatic rings. The number of rotatable bonds is 6. The van der Waals surface area contributed by atoms with Gasteiger partial charge in [-0.3, -0.25) is 14.9 Å². The molecule has 0 aliphatic heterocycles. The molecule has 23 heavy (non-hydrogen) atoms. The Morgan fingerprint density at radius 2 is 1.78 bits per heavy atom. The van der Waals surface area contributed by atoms with Crippen LogP contribution in [0, 0.1) is 6.92 Å². The number of hydrogen-bond acceptors (Lipinski definition) is 5. The summed E-state index contributed by atoms with van der Waals surface area (Å²) in [5.41, 5.74) is 3.28. The Labute approximate surface area is 134 Å². The Hall–Kier alpha value is -2.58. The molecule has 0 heterocycles. The van der Waals surface area contributed by atoms with Gasteiger partial charge in [-0.15, -0.1) is 0 Å². The van der Waals surface area contributed by atoms with E-state index in [2.05, 4.69) is 4.72 Å². The average molecular weight is 335 g/mol. The van der Waals surface area contributed by atoms with Crippen LogP contribution in [0.15, 0.2) is 53.4 Å². The highest BCUT2D eigenvalue weighted by molar-refractivity contribution is 7.92. The molecule has 2 aromatic carbocycles. The van der Waals surface area contributed by atoms with Gasteiger partial charge in [-0.2, -0.15) is 0 Å². The van der Waals surface area contributed by atoms with E-state index in [0.717, 1.165) is 5.56 Å². The van der Waals surface area contributed by atoms with E-state index < -0.39 is 15.9 Å². The highest BCUT2D eigenvalue weighted by Crippen LogP contribution is 2.21. The number of amides is 1. The second kappa shape index (κ2) is 7.12. The number of hydrogen-bond donors (Lipinski definition) is 3. The smallest absolute Gasteiger partial charge is 0.271 e. The number of carbonyl (C=O) groups excluding carboxylic acids is 1. The molecular formula is C15H17N3O4S. The first kappa shape index (κ1) is 16.8. The van der Waals surface area contributed by atoms with E-state index in [9.17, 15) is 13.2 Å². The van der Waals surface area contributed by atoms with Crippen LogP contribution in [0.5, 0.6) is 5.75 Å². The van der Waals surface area contributed by atoms with Gasteiger partial charge in [-0.1, -0.05) is 18.2 Å². The minimum Gasteiger partial charge on any atom is -0.484 e. The van der Waals surface area contributed by atoms with Crippen molar-refractivity contribution < 1.29 is 17.9 Å². The summed E-state index contributed by atoms with van der Waals surface area (Å²) >= 11 is 0. The molecule has 8 heteroatoms. The van der Waals surface area contributed by atoms with Crippen LogP contribution in [0.4, 0.5) is 5.69 Å². The number of carbonyl (C=O) groups is 1. The summed E-state index contributed by atoms with van der Waals surface area (Å²) in [6, 6.07) is 12.8. The zero-order chi connectivity index (χ0) is 16.9. The van der Waals surface area contributed by atoms with Gasteiger partial charge in [0.1, 0.15) is 5.75 Å². The molecular weight excluding hydrogens is 318 g/mol. The van der Waals surface area contributed by atoms with Crippen molar-refractivity contribution in [2.75, 3.05) is 11.3 Å². The molecule has 0 bridgehead atoms. The molecule has 0 saturated heterocycles. The van der Waals surface area contributed by atoms with Crippen molar-refractivity contribution >= 4 is 21.6 Å². The number of para-hydroxylation sites is 1. The summed E-state index contributed by atoms with van der Waals surface area (Å²) in [6.45, 7) is 1.57. The number of nitrogens with two attached hydrogens (primary N) is 1. The Bertz CT molecular complexity index is 789. The molecule has 7 nitrogen and oxygen atoms in total. The first-order chi connectivity index (χ1) is 10.9. The van der Waals surface area contributed by atoms with Crippen LogP contribution >= 0.6 is 0 Å². The van der Waals surface area contributed by atoms with E-state index >= 15 is 0 Å². The quantitative estimate of drug-likeness (QED) is 0.417. The summed E-state index contributed by atoms with van der Waals surface area (Å²) in [6.07, 6.45) is 0. The zero-order valence-corrected chi connectivity index (χ0v) is 13.3. The molecule has 2 rings (SSSR count). The highest BCUT2D eigenvalue weighted by atomic mass is 32.2. The lowest BCUT2D eigenvalue weighted by Crippen LogP contribution is -2.34. The minimum absolute atomic E-state index is 0.0939. The standard InChI is InChI=1S/C15H17N3O4S/c1-11-4-2-3-5-14(11)18-23(20,21)13-8-6-12(7-9-13)22-10-15(19)17-16/h2-9,18H,10,16H2,1H3,(H,17,19). The largest absolute Gasteiger partial charge is 0.484 e. The van der Waals surface area contributed by atoms with Crippen LogP contribution in [0.25, 0.3) is 0 Å². The molecule has 0 spiro atoms. The van der Waals surface area contributed by atoms with Crippen molar-refractivity contribution in [3.63, 3.8) is 0 Å². The lowest BCUT2D eigenvalue weighted by molar-refractivity contribution is -0.123.